The van der Waals surface area contributed by atoms with Gasteiger partial charge in [-0.15, -0.1) is 0 Å². The van der Waals surface area contributed by atoms with Gasteiger partial charge in [0.25, 0.3) is 15.7 Å². The highest BCUT2D eigenvalue weighted by atomic mass is 32.2. The van der Waals surface area contributed by atoms with E-state index in [2.05, 4.69) is 0 Å². The first kappa shape index (κ1) is 20.3. The van der Waals surface area contributed by atoms with Gasteiger partial charge in [0.1, 0.15) is 5.75 Å². The number of rotatable bonds is 6. The molecule has 156 valence electrons. The molecule has 0 saturated heterocycles. The van der Waals surface area contributed by atoms with Crippen LogP contribution in [0.4, 0.5) is 5.69 Å². The first-order chi connectivity index (χ1) is 14.9. The van der Waals surface area contributed by atoms with E-state index in [0.717, 1.165) is 3.97 Å². The van der Waals surface area contributed by atoms with Crippen LogP contribution in [0.25, 0.3) is 22.2 Å². The molecule has 0 unspecified atom stereocenters. The quantitative estimate of drug-likeness (QED) is 0.254. The Morgan fingerprint density at radius 1 is 1.00 bits per heavy atom. The summed E-state index contributed by atoms with van der Waals surface area (Å²) in [4.78, 5) is 22.8. The third-order valence-electron chi connectivity index (χ3n) is 4.90. The monoisotopic (exact) mass is 436 g/mol. The fourth-order valence-electron chi connectivity index (χ4n) is 3.51. The first-order valence-electron chi connectivity index (χ1n) is 9.11. The maximum Gasteiger partial charge on any atom is 0.279 e. The van der Waals surface area contributed by atoms with Crippen molar-refractivity contribution in [3.8, 4) is 17.0 Å². The average molecular weight is 436 g/mol. The molecule has 0 spiro atoms. The molecular formula is C22H16N2O6S. The molecule has 0 N–H and O–H groups in total. The van der Waals surface area contributed by atoms with Crippen LogP contribution in [-0.4, -0.2) is 30.7 Å². The molecule has 1 aromatic heterocycles. The molecule has 0 atom stereocenters. The van der Waals surface area contributed by atoms with E-state index in [4.69, 9.17) is 4.74 Å². The van der Waals surface area contributed by atoms with Gasteiger partial charge in [-0.3, -0.25) is 14.9 Å². The normalized spacial score (nSPS) is 11.4. The maximum absolute atomic E-state index is 13.6. The van der Waals surface area contributed by atoms with Gasteiger partial charge >= 0.3 is 0 Å². The number of carbonyl (C=O) groups is 1. The molecule has 4 aromatic rings. The minimum Gasteiger partial charge on any atom is -0.497 e. The second kappa shape index (κ2) is 7.69. The summed E-state index contributed by atoms with van der Waals surface area (Å²) < 4.78 is 33.5. The van der Waals surface area contributed by atoms with Crippen molar-refractivity contribution in [1.29, 1.82) is 0 Å². The number of aromatic nitrogens is 1. The van der Waals surface area contributed by atoms with E-state index < -0.39 is 14.9 Å². The predicted octanol–water partition coefficient (Wildman–Crippen LogP) is 4.27. The number of ether oxygens (including phenoxy) is 1. The molecule has 0 aliphatic heterocycles. The van der Waals surface area contributed by atoms with Crippen molar-refractivity contribution in [1.82, 2.24) is 3.97 Å². The number of nitro groups is 1. The average Bonchev–Trinajstić information content (AvgIpc) is 3.18. The largest absolute Gasteiger partial charge is 0.497 e. The zero-order chi connectivity index (χ0) is 22.2. The van der Waals surface area contributed by atoms with Crippen LogP contribution in [0.15, 0.2) is 77.7 Å². The van der Waals surface area contributed by atoms with Gasteiger partial charge in [0, 0.05) is 17.0 Å². The highest BCUT2D eigenvalue weighted by molar-refractivity contribution is 7.90. The summed E-state index contributed by atoms with van der Waals surface area (Å²) in [7, 11) is -2.67. The molecule has 0 aliphatic rings. The number of benzene rings is 3. The first-order valence-corrected chi connectivity index (χ1v) is 10.6. The predicted molar refractivity (Wildman–Crippen MR) is 115 cm³/mol. The third-order valence-corrected chi connectivity index (χ3v) is 6.64. The van der Waals surface area contributed by atoms with E-state index in [1.54, 1.807) is 36.4 Å². The Balaban J connectivity index is 2.17. The molecule has 0 amide bonds. The molecule has 0 bridgehead atoms. The summed E-state index contributed by atoms with van der Waals surface area (Å²) >= 11 is 0. The molecule has 0 aliphatic carbocycles. The molecule has 9 heteroatoms. The number of carbonyl (C=O) groups excluding carboxylic acids is 1. The molecule has 3 aromatic carbocycles. The van der Waals surface area contributed by atoms with Crippen LogP contribution in [-0.2, 0) is 10.0 Å². The number of nitrogens with zero attached hydrogens (tertiary/aromatic N) is 2. The fraction of sp³-hybridized carbons (Fsp3) is 0.0455. The van der Waals surface area contributed by atoms with Crippen molar-refractivity contribution in [2.75, 3.05) is 7.11 Å². The lowest BCUT2D eigenvalue weighted by atomic mass is 10.0. The molecular weight excluding hydrogens is 420 g/mol. The van der Waals surface area contributed by atoms with Crippen LogP contribution in [0.3, 0.4) is 0 Å². The van der Waals surface area contributed by atoms with E-state index in [9.17, 15) is 23.3 Å². The van der Waals surface area contributed by atoms with Gasteiger partial charge < -0.3 is 4.74 Å². The zero-order valence-corrected chi connectivity index (χ0v) is 17.1. The van der Waals surface area contributed by atoms with E-state index in [-0.39, 0.29) is 27.4 Å². The number of hydrogen-bond donors (Lipinski definition) is 0. The summed E-state index contributed by atoms with van der Waals surface area (Å²) in [5.74, 6) is 0.492. The topological polar surface area (TPSA) is 109 Å². The van der Waals surface area contributed by atoms with Crippen molar-refractivity contribution >= 4 is 32.9 Å². The summed E-state index contributed by atoms with van der Waals surface area (Å²) in [5.41, 5.74) is -0.120. The number of fused-ring (bicyclic) bond motifs is 1. The van der Waals surface area contributed by atoms with Gasteiger partial charge in [0.15, 0.2) is 6.29 Å². The summed E-state index contributed by atoms with van der Waals surface area (Å²) in [6.45, 7) is 0. The molecule has 4 rings (SSSR count). The lowest BCUT2D eigenvalue weighted by Gasteiger charge is -2.13. The minimum atomic E-state index is -4.15. The van der Waals surface area contributed by atoms with E-state index in [1.807, 2.05) is 0 Å². The van der Waals surface area contributed by atoms with Gasteiger partial charge in [0.2, 0.25) is 0 Å². The van der Waals surface area contributed by atoms with Crippen LogP contribution >= 0.6 is 0 Å². The summed E-state index contributed by atoms with van der Waals surface area (Å²) in [5, 5.41) is 12.2. The molecule has 8 nitrogen and oxygen atoms in total. The summed E-state index contributed by atoms with van der Waals surface area (Å²) in [6, 6.07) is 18.1. The molecule has 0 fully saturated rings. The number of methoxy groups -OCH3 is 1. The Bertz CT molecular complexity index is 1430. The fourth-order valence-corrected chi connectivity index (χ4v) is 5.05. The number of hydrogen-bond acceptors (Lipinski definition) is 6. The van der Waals surface area contributed by atoms with Crippen LogP contribution in [0, 0.1) is 10.1 Å². The Morgan fingerprint density at radius 2 is 1.74 bits per heavy atom. The second-order valence-electron chi connectivity index (χ2n) is 6.65. The van der Waals surface area contributed by atoms with E-state index in [1.165, 1.54) is 43.5 Å². The van der Waals surface area contributed by atoms with Crippen molar-refractivity contribution in [3.63, 3.8) is 0 Å². The van der Waals surface area contributed by atoms with Crippen LogP contribution in [0.2, 0.25) is 0 Å². The van der Waals surface area contributed by atoms with Gasteiger partial charge in [-0.05, 0) is 36.4 Å². The Kier molecular flexibility index (Phi) is 5.04. The lowest BCUT2D eigenvalue weighted by Crippen LogP contribution is -2.15. The maximum atomic E-state index is 13.6. The van der Waals surface area contributed by atoms with Gasteiger partial charge in [0.05, 0.1) is 33.7 Å². The number of nitro benzene ring substituents is 1. The van der Waals surface area contributed by atoms with Crippen LogP contribution in [0.5, 0.6) is 5.75 Å². The Morgan fingerprint density at radius 3 is 2.39 bits per heavy atom. The standard InChI is InChI=1S/C22H16N2O6S/c1-30-17-10-11-19-16(12-17)13-21(22-15(14-25)6-5-9-20(22)24(26)27)23(19)31(28,29)18-7-3-2-4-8-18/h2-14H,1H3. The van der Waals surface area contributed by atoms with Crippen LogP contribution < -0.4 is 4.74 Å². The van der Waals surface area contributed by atoms with Crippen LogP contribution in [0.1, 0.15) is 10.4 Å². The molecule has 1 heterocycles. The highest BCUT2D eigenvalue weighted by Crippen LogP contribution is 2.39. The van der Waals surface area contributed by atoms with Crippen molar-refractivity contribution < 1.29 is 22.9 Å². The smallest absolute Gasteiger partial charge is 0.279 e. The Labute approximate surface area is 177 Å². The van der Waals surface area contributed by atoms with E-state index >= 15 is 0 Å². The molecule has 0 radical (unpaired) electrons. The molecule has 0 saturated carbocycles. The number of aldehydes is 1. The Hall–Kier alpha value is -3.98. The van der Waals surface area contributed by atoms with Gasteiger partial charge in [-0.2, -0.15) is 0 Å². The van der Waals surface area contributed by atoms with Gasteiger partial charge in [-0.25, -0.2) is 12.4 Å². The molecule has 31 heavy (non-hydrogen) atoms. The minimum absolute atomic E-state index is 0.00785. The lowest BCUT2D eigenvalue weighted by molar-refractivity contribution is -0.384. The van der Waals surface area contributed by atoms with Crippen molar-refractivity contribution in [3.05, 3.63) is 88.5 Å². The van der Waals surface area contributed by atoms with Crippen molar-refractivity contribution in [2.45, 2.75) is 4.90 Å². The second-order valence-corrected chi connectivity index (χ2v) is 8.44. The highest BCUT2D eigenvalue weighted by Gasteiger charge is 2.29. The zero-order valence-electron chi connectivity index (χ0n) is 16.3. The third kappa shape index (κ3) is 3.34. The van der Waals surface area contributed by atoms with E-state index in [0.29, 0.717) is 22.9 Å². The SMILES string of the molecule is COc1ccc2c(c1)cc(-c1c(C=O)cccc1[N+](=O)[O-])n2S(=O)(=O)c1ccccc1. The van der Waals surface area contributed by atoms with Crippen molar-refractivity contribution in [2.24, 2.45) is 0 Å². The van der Waals surface area contributed by atoms with Gasteiger partial charge in [-0.1, -0.05) is 30.3 Å². The summed E-state index contributed by atoms with van der Waals surface area (Å²) in [6.07, 6.45) is 0.472.